The minimum Gasteiger partial charge on any atom is -0.343 e. The predicted molar refractivity (Wildman–Crippen MR) is 75.1 cm³/mol. The Morgan fingerprint density at radius 2 is 2.20 bits per heavy atom. The summed E-state index contributed by atoms with van der Waals surface area (Å²) in [7, 11) is 3.36. The first-order chi connectivity index (χ1) is 9.58. The highest BCUT2D eigenvalue weighted by Crippen LogP contribution is 2.20. The van der Waals surface area contributed by atoms with Crippen molar-refractivity contribution in [1.82, 2.24) is 19.6 Å². The number of nitriles is 1. The van der Waals surface area contributed by atoms with E-state index in [1.165, 1.54) is 4.90 Å². The van der Waals surface area contributed by atoms with Crippen molar-refractivity contribution in [3.05, 3.63) is 17.0 Å². The van der Waals surface area contributed by atoms with Gasteiger partial charge >= 0.3 is 0 Å². The lowest BCUT2D eigenvalue weighted by Gasteiger charge is -2.18. The largest absolute Gasteiger partial charge is 0.343 e. The smallest absolute Gasteiger partial charge is 0.275 e. The normalized spacial score (nSPS) is 15.3. The monoisotopic (exact) mass is 275 g/mol. The van der Waals surface area contributed by atoms with Gasteiger partial charge in [0.15, 0.2) is 5.69 Å². The number of carbonyl (C=O) groups is 1. The van der Waals surface area contributed by atoms with Crippen molar-refractivity contribution in [2.24, 2.45) is 0 Å². The molecule has 0 N–H and O–H groups in total. The molecule has 2 rings (SSSR count). The lowest BCUT2D eigenvalue weighted by molar-refractivity contribution is 0.0820. The molecular weight excluding hydrogens is 254 g/mol. The van der Waals surface area contributed by atoms with E-state index in [1.807, 2.05) is 4.68 Å². The van der Waals surface area contributed by atoms with Crippen LogP contribution in [-0.4, -0.2) is 52.7 Å². The van der Waals surface area contributed by atoms with Gasteiger partial charge in [0.25, 0.3) is 5.91 Å². The van der Waals surface area contributed by atoms with E-state index in [-0.39, 0.29) is 11.6 Å². The molecule has 2 heterocycles. The van der Waals surface area contributed by atoms with Crippen LogP contribution < -0.4 is 0 Å². The molecule has 1 aliphatic rings. The van der Waals surface area contributed by atoms with Gasteiger partial charge in [0.05, 0.1) is 5.69 Å². The summed E-state index contributed by atoms with van der Waals surface area (Å²) in [5.41, 5.74) is 1.60. The third-order valence-electron chi connectivity index (χ3n) is 3.54. The van der Waals surface area contributed by atoms with Crippen LogP contribution in [0.2, 0.25) is 0 Å². The van der Waals surface area contributed by atoms with E-state index < -0.39 is 0 Å². The fraction of sp³-hybridized carbons (Fsp3) is 0.643. The Morgan fingerprint density at radius 1 is 1.45 bits per heavy atom. The molecule has 0 aliphatic carbocycles. The van der Waals surface area contributed by atoms with Crippen molar-refractivity contribution < 1.29 is 4.79 Å². The summed E-state index contributed by atoms with van der Waals surface area (Å²) in [6, 6.07) is 2.17. The Hall–Kier alpha value is -1.87. The maximum atomic E-state index is 12.1. The lowest BCUT2D eigenvalue weighted by Crippen LogP contribution is -2.25. The second-order valence-corrected chi connectivity index (χ2v) is 5.33. The fourth-order valence-electron chi connectivity index (χ4n) is 2.56. The fourth-order valence-corrected chi connectivity index (χ4v) is 2.56. The molecule has 108 valence electrons. The van der Waals surface area contributed by atoms with Crippen LogP contribution in [0, 0.1) is 11.3 Å². The summed E-state index contributed by atoms with van der Waals surface area (Å²) in [5, 5.41) is 13.8. The molecule has 0 unspecified atom stereocenters. The van der Waals surface area contributed by atoms with Crippen LogP contribution in [0.25, 0.3) is 0 Å². The van der Waals surface area contributed by atoms with Gasteiger partial charge in [-0.3, -0.25) is 14.4 Å². The number of hydrogen-bond acceptors (Lipinski definition) is 4. The molecule has 20 heavy (non-hydrogen) atoms. The number of nitrogens with zero attached hydrogens (tertiary/aromatic N) is 5. The van der Waals surface area contributed by atoms with Crippen molar-refractivity contribution >= 4 is 5.91 Å². The molecule has 0 aromatic carbocycles. The number of aromatic nitrogens is 2. The molecule has 0 saturated carbocycles. The van der Waals surface area contributed by atoms with Crippen molar-refractivity contribution in [3.63, 3.8) is 0 Å². The van der Waals surface area contributed by atoms with Crippen LogP contribution in [0.3, 0.4) is 0 Å². The minimum atomic E-state index is -0.204. The first-order valence-corrected chi connectivity index (χ1v) is 7.02. The average molecular weight is 275 g/mol. The Balaban J connectivity index is 2.40. The molecule has 6 nitrogen and oxygen atoms in total. The summed E-state index contributed by atoms with van der Waals surface area (Å²) in [6.07, 6.45) is 2.08. The topological polar surface area (TPSA) is 65.2 Å². The molecule has 0 saturated heterocycles. The van der Waals surface area contributed by atoms with Gasteiger partial charge < -0.3 is 4.90 Å². The summed E-state index contributed by atoms with van der Waals surface area (Å²) in [4.78, 5) is 15.9. The molecular formula is C14H21N5O. The van der Waals surface area contributed by atoms with Crippen LogP contribution in [0.1, 0.15) is 41.5 Å². The zero-order valence-electron chi connectivity index (χ0n) is 12.4. The molecule has 1 aromatic heterocycles. The van der Waals surface area contributed by atoms with Gasteiger partial charge in [-0.1, -0.05) is 6.92 Å². The van der Waals surface area contributed by atoms with Gasteiger partial charge in [-0.25, -0.2) is 0 Å². The molecule has 1 aromatic rings. The third-order valence-corrected chi connectivity index (χ3v) is 3.54. The summed E-state index contributed by atoms with van der Waals surface area (Å²) < 4.78 is 1.84. The Kier molecular flexibility index (Phi) is 4.40. The van der Waals surface area contributed by atoms with E-state index in [9.17, 15) is 10.1 Å². The van der Waals surface area contributed by atoms with E-state index in [0.29, 0.717) is 12.1 Å². The first-order valence-electron chi connectivity index (χ1n) is 7.02. The maximum Gasteiger partial charge on any atom is 0.275 e. The van der Waals surface area contributed by atoms with Crippen LogP contribution in [0.15, 0.2) is 0 Å². The van der Waals surface area contributed by atoms with Crippen LogP contribution in [0.5, 0.6) is 0 Å². The molecule has 0 spiro atoms. The number of carbonyl (C=O) groups excluding carboxylic acids is 1. The number of fused-ring (bicyclic) bond motifs is 1. The molecule has 0 radical (unpaired) electrons. The predicted octanol–water partition coefficient (Wildman–Crippen LogP) is 1.07. The number of rotatable bonds is 3. The average Bonchev–Trinajstić information content (AvgIpc) is 2.63. The van der Waals surface area contributed by atoms with Gasteiger partial charge in [0.1, 0.15) is 11.6 Å². The second-order valence-electron chi connectivity index (χ2n) is 5.33. The number of aryl methyl sites for hydroxylation is 1. The quantitative estimate of drug-likeness (QED) is 0.827. The van der Waals surface area contributed by atoms with Gasteiger partial charge in [-0.2, -0.15) is 10.4 Å². The summed E-state index contributed by atoms with van der Waals surface area (Å²) in [5.74, 6) is -0.204. The molecule has 0 atom stereocenters. The molecule has 0 bridgehead atoms. The van der Waals surface area contributed by atoms with E-state index >= 15 is 0 Å². The number of amides is 1. The van der Waals surface area contributed by atoms with E-state index in [1.54, 1.807) is 14.1 Å². The Bertz CT molecular complexity index is 540. The van der Waals surface area contributed by atoms with Gasteiger partial charge in [-0.15, -0.1) is 0 Å². The van der Waals surface area contributed by atoms with Crippen LogP contribution in [-0.2, 0) is 13.1 Å². The number of hydrogen-bond donors (Lipinski definition) is 0. The lowest BCUT2D eigenvalue weighted by atomic mass is 10.1. The zero-order valence-corrected chi connectivity index (χ0v) is 12.4. The Labute approximate surface area is 119 Å². The van der Waals surface area contributed by atoms with E-state index in [2.05, 4.69) is 23.0 Å². The van der Waals surface area contributed by atoms with Gasteiger partial charge in [-0.05, 0) is 19.4 Å². The summed E-state index contributed by atoms with van der Waals surface area (Å²) in [6.45, 7) is 5.63. The zero-order chi connectivity index (χ0) is 14.7. The Morgan fingerprint density at radius 3 is 2.80 bits per heavy atom. The van der Waals surface area contributed by atoms with Crippen LogP contribution >= 0.6 is 0 Å². The van der Waals surface area contributed by atoms with E-state index in [0.717, 1.165) is 38.2 Å². The van der Waals surface area contributed by atoms with Crippen molar-refractivity contribution in [2.45, 2.75) is 32.9 Å². The molecule has 0 fully saturated rings. The van der Waals surface area contributed by atoms with Crippen molar-refractivity contribution in [3.8, 4) is 6.07 Å². The highest BCUT2D eigenvalue weighted by atomic mass is 16.2. The van der Waals surface area contributed by atoms with Gasteiger partial charge in [0, 0.05) is 33.7 Å². The van der Waals surface area contributed by atoms with Crippen LogP contribution in [0.4, 0.5) is 0 Å². The van der Waals surface area contributed by atoms with Gasteiger partial charge in [0.2, 0.25) is 0 Å². The third kappa shape index (κ3) is 2.68. The van der Waals surface area contributed by atoms with E-state index in [4.69, 9.17) is 0 Å². The minimum absolute atomic E-state index is 0.204. The first kappa shape index (κ1) is 14.5. The highest BCUT2D eigenvalue weighted by molar-refractivity contribution is 5.94. The molecule has 6 heteroatoms. The molecule has 1 amide bonds. The molecule has 1 aliphatic heterocycles. The second kappa shape index (κ2) is 6.06. The SMILES string of the molecule is CCCN1CCCn2nc(C(=O)N(C)C)c(C#N)c2C1. The maximum absolute atomic E-state index is 12.1. The highest BCUT2D eigenvalue weighted by Gasteiger charge is 2.26. The van der Waals surface area contributed by atoms with Crippen molar-refractivity contribution in [1.29, 1.82) is 5.26 Å². The standard InChI is InChI=1S/C14H21N5O/c1-4-6-18-7-5-8-19-12(10-18)11(9-15)13(16-19)14(20)17(2)3/h4-8,10H2,1-3H3. The van der Waals surface area contributed by atoms with Crippen molar-refractivity contribution in [2.75, 3.05) is 27.2 Å². The summed E-state index contributed by atoms with van der Waals surface area (Å²) >= 11 is 0.